The fourth-order valence-corrected chi connectivity index (χ4v) is 2.79. The highest BCUT2D eigenvalue weighted by Gasteiger charge is 2.04. The molecule has 0 aliphatic rings. The van der Waals surface area contributed by atoms with E-state index in [-0.39, 0.29) is 5.82 Å². The predicted octanol–water partition coefficient (Wildman–Crippen LogP) is 2.67. The van der Waals surface area contributed by atoms with Crippen LogP contribution in [0.15, 0.2) is 53.5 Å². The lowest BCUT2D eigenvalue weighted by molar-refractivity contribution is 0.331. The number of rotatable bonds is 9. The van der Waals surface area contributed by atoms with Gasteiger partial charge in [-0.05, 0) is 42.8 Å². The minimum absolute atomic E-state index is 0.203. The highest BCUT2D eigenvalue weighted by Crippen LogP contribution is 2.17. The van der Waals surface area contributed by atoms with Crippen LogP contribution in [0.1, 0.15) is 11.1 Å². The Kier molecular flexibility index (Phi) is 8.58. The normalized spacial score (nSPS) is 11.5. The van der Waals surface area contributed by atoms with Crippen molar-refractivity contribution in [3.8, 4) is 5.75 Å². The number of para-hydroxylation sites is 1. The van der Waals surface area contributed by atoms with Crippen molar-refractivity contribution in [2.24, 2.45) is 4.99 Å². The molecule has 0 fully saturated rings. The van der Waals surface area contributed by atoms with E-state index >= 15 is 0 Å². The number of likely N-dealkylation sites (N-methyl/N-ethyl adjacent to an activating group) is 1. The molecule has 2 N–H and O–H groups in total. The maximum absolute atomic E-state index is 13.0. The highest BCUT2D eigenvalue weighted by molar-refractivity contribution is 5.79. The summed E-state index contributed by atoms with van der Waals surface area (Å²) in [6.45, 7) is 3.17. The Morgan fingerprint density at radius 1 is 1.07 bits per heavy atom. The smallest absolute Gasteiger partial charge is 0.191 e. The van der Waals surface area contributed by atoms with E-state index in [0.717, 1.165) is 49.9 Å². The summed E-state index contributed by atoms with van der Waals surface area (Å²) in [5, 5.41) is 6.64. The van der Waals surface area contributed by atoms with Gasteiger partial charge in [-0.25, -0.2) is 4.39 Å². The minimum Gasteiger partial charge on any atom is -0.496 e. The molecule has 0 saturated heterocycles. The first-order chi connectivity index (χ1) is 13.1. The second kappa shape index (κ2) is 11.2. The molecule has 146 valence electrons. The van der Waals surface area contributed by atoms with Gasteiger partial charge in [-0.3, -0.25) is 4.99 Å². The second-order valence-corrected chi connectivity index (χ2v) is 6.35. The lowest BCUT2D eigenvalue weighted by Crippen LogP contribution is -2.41. The summed E-state index contributed by atoms with van der Waals surface area (Å²) in [6.07, 6.45) is 0.856. The Bertz CT molecular complexity index is 718. The van der Waals surface area contributed by atoms with E-state index in [1.54, 1.807) is 14.2 Å². The van der Waals surface area contributed by atoms with Crippen molar-refractivity contribution in [1.82, 2.24) is 15.5 Å². The fraction of sp³-hybridized carbons (Fsp3) is 0.381. The van der Waals surface area contributed by atoms with Gasteiger partial charge >= 0.3 is 0 Å². The monoisotopic (exact) mass is 372 g/mol. The van der Waals surface area contributed by atoms with E-state index in [0.29, 0.717) is 0 Å². The summed E-state index contributed by atoms with van der Waals surface area (Å²) in [6, 6.07) is 14.7. The van der Waals surface area contributed by atoms with E-state index in [4.69, 9.17) is 4.74 Å². The Labute approximate surface area is 161 Å². The van der Waals surface area contributed by atoms with Gasteiger partial charge in [-0.1, -0.05) is 30.3 Å². The van der Waals surface area contributed by atoms with Gasteiger partial charge < -0.3 is 20.3 Å². The van der Waals surface area contributed by atoms with Gasteiger partial charge in [0.15, 0.2) is 5.96 Å². The molecule has 27 heavy (non-hydrogen) atoms. The molecule has 0 amide bonds. The largest absolute Gasteiger partial charge is 0.496 e. The number of ether oxygens (including phenoxy) is 1. The fourth-order valence-electron chi connectivity index (χ4n) is 2.79. The maximum Gasteiger partial charge on any atom is 0.191 e. The molecule has 0 heterocycles. The van der Waals surface area contributed by atoms with Crippen molar-refractivity contribution in [3.63, 3.8) is 0 Å². The first kappa shape index (κ1) is 20.7. The molecule has 0 aliphatic heterocycles. The van der Waals surface area contributed by atoms with Crippen molar-refractivity contribution in [2.75, 3.05) is 40.8 Å². The van der Waals surface area contributed by atoms with E-state index in [1.807, 2.05) is 37.4 Å². The molecule has 0 aliphatic carbocycles. The van der Waals surface area contributed by atoms with Gasteiger partial charge in [0.2, 0.25) is 0 Å². The standard InChI is InChI=1S/C21H29FN4O/c1-23-21(24-13-12-18-6-4-5-7-20(18)27-3)25-14-15-26(2)16-17-8-10-19(22)11-9-17/h4-11H,12-16H2,1-3H3,(H2,23,24,25). The first-order valence-electron chi connectivity index (χ1n) is 9.11. The molecule has 0 saturated carbocycles. The molecule has 2 aromatic carbocycles. The van der Waals surface area contributed by atoms with Gasteiger partial charge in [0.1, 0.15) is 11.6 Å². The molecule has 0 unspecified atom stereocenters. The third-order valence-electron chi connectivity index (χ3n) is 4.25. The van der Waals surface area contributed by atoms with Gasteiger partial charge in [0.25, 0.3) is 0 Å². The highest BCUT2D eigenvalue weighted by atomic mass is 19.1. The zero-order chi connectivity index (χ0) is 19.5. The number of hydrogen-bond donors (Lipinski definition) is 2. The quantitative estimate of drug-likeness (QED) is 0.525. The van der Waals surface area contributed by atoms with E-state index in [9.17, 15) is 4.39 Å². The number of nitrogens with one attached hydrogen (secondary N) is 2. The van der Waals surface area contributed by atoms with Crippen molar-refractivity contribution in [2.45, 2.75) is 13.0 Å². The van der Waals surface area contributed by atoms with Crippen LogP contribution in [0.3, 0.4) is 0 Å². The van der Waals surface area contributed by atoms with Crippen LogP contribution in [0.4, 0.5) is 4.39 Å². The van der Waals surface area contributed by atoms with Crippen LogP contribution in [0.25, 0.3) is 0 Å². The van der Waals surface area contributed by atoms with E-state index in [1.165, 1.54) is 17.7 Å². The summed E-state index contributed by atoms with van der Waals surface area (Å²) in [4.78, 5) is 6.44. The molecule has 6 heteroatoms. The summed E-state index contributed by atoms with van der Waals surface area (Å²) >= 11 is 0. The Hall–Kier alpha value is -2.60. The minimum atomic E-state index is -0.203. The lowest BCUT2D eigenvalue weighted by atomic mass is 10.1. The summed E-state index contributed by atoms with van der Waals surface area (Å²) in [7, 11) is 5.50. The number of aliphatic imine (C=N–C) groups is 1. The molecule has 0 atom stereocenters. The summed E-state index contributed by atoms with van der Waals surface area (Å²) in [5.74, 6) is 1.48. The third-order valence-corrected chi connectivity index (χ3v) is 4.25. The second-order valence-electron chi connectivity index (χ2n) is 6.35. The average molecular weight is 372 g/mol. The third kappa shape index (κ3) is 7.27. The zero-order valence-electron chi connectivity index (χ0n) is 16.3. The van der Waals surface area contributed by atoms with Crippen LogP contribution in [0.5, 0.6) is 5.75 Å². The SMILES string of the molecule is CN=C(NCCc1ccccc1OC)NCCN(C)Cc1ccc(F)cc1. The number of halogens is 1. The van der Waals surface area contributed by atoms with Crippen molar-refractivity contribution in [1.29, 1.82) is 0 Å². The molecule has 5 nitrogen and oxygen atoms in total. The van der Waals surface area contributed by atoms with Gasteiger partial charge in [-0.2, -0.15) is 0 Å². The summed E-state index contributed by atoms with van der Waals surface area (Å²) in [5.41, 5.74) is 2.26. The molecule has 0 radical (unpaired) electrons. The molecule has 2 rings (SSSR count). The van der Waals surface area contributed by atoms with Crippen LogP contribution in [-0.4, -0.2) is 51.7 Å². The predicted molar refractivity (Wildman–Crippen MR) is 109 cm³/mol. The van der Waals surface area contributed by atoms with Crippen molar-refractivity contribution >= 4 is 5.96 Å². The first-order valence-corrected chi connectivity index (χ1v) is 9.11. The van der Waals surface area contributed by atoms with Crippen LogP contribution in [0.2, 0.25) is 0 Å². The Morgan fingerprint density at radius 2 is 1.78 bits per heavy atom. The molecular weight excluding hydrogens is 343 g/mol. The summed E-state index contributed by atoms with van der Waals surface area (Å²) < 4.78 is 18.3. The number of hydrogen-bond acceptors (Lipinski definition) is 3. The van der Waals surface area contributed by atoms with E-state index < -0.39 is 0 Å². The topological polar surface area (TPSA) is 48.9 Å². The molecular formula is C21H29FN4O. The van der Waals surface area contributed by atoms with E-state index in [2.05, 4.69) is 26.6 Å². The Morgan fingerprint density at radius 3 is 2.48 bits per heavy atom. The van der Waals surface area contributed by atoms with Gasteiger partial charge in [-0.15, -0.1) is 0 Å². The van der Waals surface area contributed by atoms with Crippen molar-refractivity contribution < 1.29 is 9.13 Å². The number of methoxy groups -OCH3 is 1. The molecule has 0 bridgehead atoms. The van der Waals surface area contributed by atoms with Crippen LogP contribution in [-0.2, 0) is 13.0 Å². The van der Waals surface area contributed by atoms with Gasteiger partial charge in [0.05, 0.1) is 7.11 Å². The average Bonchev–Trinajstić information content (AvgIpc) is 2.69. The lowest BCUT2D eigenvalue weighted by Gasteiger charge is -2.18. The maximum atomic E-state index is 13.0. The number of guanidine groups is 1. The zero-order valence-corrected chi connectivity index (χ0v) is 16.3. The van der Waals surface area contributed by atoms with Crippen LogP contribution < -0.4 is 15.4 Å². The number of nitrogens with zero attached hydrogens (tertiary/aromatic N) is 2. The van der Waals surface area contributed by atoms with Crippen LogP contribution >= 0.6 is 0 Å². The van der Waals surface area contributed by atoms with Crippen LogP contribution in [0, 0.1) is 5.82 Å². The number of benzene rings is 2. The molecule has 2 aromatic rings. The molecule has 0 spiro atoms. The van der Waals surface area contributed by atoms with Crippen molar-refractivity contribution in [3.05, 3.63) is 65.5 Å². The Balaban J connectivity index is 1.68. The van der Waals surface area contributed by atoms with Gasteiger partial charge in [0, 0.05) is 33.2 Å². The molecule has 0 aromatic heterocycles.